The lowest BCUT2D eigenvalue weighted by atomic mass is 10.1. The molecule has 1 fully saturated rings. The van der Waals surface area contributed by atoms with Crippen LogP contribution in [0, 0.1) is 0 Å². The van der Waals surface area contributed by atoms with Crippen molar-refractivity contribution >= 4 is 16.9 Å². The summed E-state index contributed by atoms with van der Waals surface area (Å²) in [4.78, 5) is 27.4. The molecule has 0 bridgehead atoms. The molecule has 3 heterocycles. The number of amides is 1. The summed E-state index contributed by atoms with van der Waals surface area (Å²) in [7, 11) is 3.61. The Balaban J connectivity index is 1.64. The third-order valence-electron chi connectivity index (χ3n) is 5.03. The lowest BCUT2D eigenvalue weighted by Crippen LogP contribution is -2.36. The van der Waals surface area contributed by atoms with Crippen LogP contribution >= 0.6 is 0 Å². The number of aryl methyl sites for hydroxylation is 2. The molecule has 1 aliphatic rings. The van der Waals surface area contributed by atoms with E-state index in [2.05, 4.69) is 5.10 Å². The zero-order valence-electron chi connectivity index (χ0n) is 14.4. The minimum absolute atomic E-state index is 0.0233. The number of carbonyl (C=O) groups excluding carboxylic acids is 1. The van der Waals surface area contributed by atoms with Crippen molar-refractivity contribution in [3.63, 3.8) is 0 Å². The van der Waals surface area contributed by atoms with Gasteiger partial charge in [0.15, 0.2) is 0 Å². The van der Waals surface area contributed by atoms with Crippen molar-refractivity contribution in [2.75, 3.05) is 6.54 Å². The summed E-state index contributed by atoms with van der Waals surface area (Å²) in [5.41, 5.74) is 2.52. The number of benzene rings is 1. The quantitative estimate of drug-likeness (QED) is 0.725. The molecular weight excluding hydrogens is 318 g/mol. The third kappa shape index (κ3) is 2.56. The second kappa shape index (κ2) is 5.91. The van der Waals surface area contributed by atoms with Crippen LogP contribution in [-0.2, 0) is 25.4 Å². The highest BCUT2D eigenvalue weighted by molar-refractivity contribution is 5.81. The standard InChI is InChI=1S/C18H21N5O2/c1-20-11-13(10-19-20)14-8-5-9-22(14)17(24)12-23-16-7-4-3-6-15(16)21(2)18(23)25/h3-4,6-7,10-11,14H,5,8-9,12H2,1-2H3/t14-/m1/s1. The van der Waals surface area contributed by atoms with E-state index in [4.69, 9.17) is 0 Å². The minimum Gasteiger partial charge on any atom is -0.334 e. The molecular formula is C18H21N5O2. The van der Waals surface area contributed by atoms with Crippen LogP contribution in [0.25, 0.3) is 11.0 Å². The Morgan fingerprint density at radius 1 is 1.24 bits per heavy atom. The van der Waals surface area contributed by atoms with Gasteiger partial charge in [-0.25, -0.2) is 4.79 Å². The van der Waals surface area contributed by atoms with Gasteiger partial charge in [0.05, 0.1) is 23.3 Å². The highest BCUT2D eigenvalue weighted by Crippen LogP contribution is 2.31. The van der Waals surface area contributed by atoms with Gasteiger partial charge >= 0.3 is 5.69 Å². The fourth-order valence-electron chi connectivity index (χ4n) is 3.77. The summed E-state index contributed by atoms with van der Waals surface area (Å²) >= 11 is 0. The Bertz CT molecular complexity index is 996. The molecule has 7 nitrogen and oxygen atoms in total. The van der Waals surface area contributed by atoms with E-state index in [0.717, 1.165) is 36.0 Å². The molecule has 1 aliphatic heterocycles. The maximum Gasteiger partial charge on any atom is 0.329 e. The average molecular weight is 339 g/mol. The first kappa shape index (κ1) is 15.7. The van der Waals surface area contributed by atoms with Crippen molar-refractivity contribution in [1.82, 2.24) is 23.8 Å². The molecule has 1 saturated heterocycles. The molecule has 0 N–H and O–H groups in total. The molecule has 3 aromatic rings. The SMILES string of the molecule is Cn1cc([C@H]2CCCN2C(=O)Cn2c(=O)n(C)c3ccccc32)cn1. The molecule has 2 aromatic heterocycles. The van der Waals surface area contributed by atoms with E-state index in [9.17, 15) is 9.59 Å². The van der Waals surface area contributed by atoms with Crippen LogP contribution in [0.3, 0.4) is 0 Å². The van der Waals surface area contributed by atoms with Gasteiger partial charge in [0.25, 0.3) is 0 Å². The number of hydrogen-bond donors (Lipinski definition) is 0. The first-order valence-corrected chi connectivity index (χ1v) is 8.48. The number of carbonyl (C=O) groups is 1. The highest BCUT2D eigenvalue weighted by Gasteiger charge is 2.31. The molecule has 25 heavy (non-hydrogen) atoms. The normalized spacial score (nSPS) is 17.5. The van der Waals surface area contributed by atoms with Crippen molar-refractivity contribution in [2.24, 2.45) is 14.1 Å². The lowest BCUT2D eigenvalue weighted by Gasteiger charge is -2.24. The Morgan fingerprint density at radius 3 is 2.72 bits per heavy atom. The number of aromatic nitrogens is 4. The summed E-state index contributed by atoms with van der Waals surface area (Å²) in [5.74, 6) is -0.0233. The van der Waals surface area contributed by atoms with Gasteiger partial charge in [-0.2, -0.15) is 5.10 Å². The number of likely N-dealkylation sites (tertiary alicyclic amines) is 1. The Labute approximate surface area is 145 Å². The molecule has 0 saturated carbocycles. The summed E-state index contributed by atoms with van der Waals surface area (Å²) < 4.78 is 4.91. The monoisotopic (exact) mass is 339 g/mol. The van der Waals surface area contributed by atoms with Crippen molar-refractivity contribution in [3.05, 3.63) is 52.7 Å². The van der Waals surface area contributed by atoms with Gasteiger partial charge < -0.3 is 4.90 Å². The van der Waals surface area contributed by atoms with E-state index < -0.39 is 0 Å². The molecule has 1 aromatic carbocycles. The van der Waals surface area contributed by atoms with Crippen LogP contribution < -0.4 is 5.69 Å². The minimum atomic E-state index is -0.160. The van der Waals surface area contributed by atoms with Crippen LogP contribution in [0.2, 0.25) is 0 Å². The van der Waals surface area contributed by atoms with Gasteiger partial charge in [0, 0.05) is 32.4 Å². The van der Waals surface area contributed by atoms with E-state index >= 15 is 0 Å². The summed E-state index contributed by atoms with van der Waals surface area (Å²) in [5, 5.41) is 4.22. The fourth-order valence-corrected chi connectivity index (χ4v) is 3.77. The molecule has 0 radical (unpaired) electrons. The number of para-hydroxylation sites is 2. The number of fused-ring (bicyclic) bond motifs is 1. The Morgan fingerprint density at radius 2 is 2.00 bits per heavy atom. The maximum absolute atomic E-state index is 12.9. The van der Waals surface area contributed by atoms with Gasteiger partial charge in [0.2, 0.25) is 5.91 Å². The van der Waals surface area contributed by atoms with E-state index in [-0.39, 0.29) is 24.2 Å². The number of nitrogens with zero attached hydrogens (tertiary/aromatic N) is 5. The second-order valence-corrected chi connectivity index (χ2v) is 6.61. The van der Waals surface area contributed by atoms with Gasteiger partial charge in [-0.1, -0.05) is 12.1 Å². The van der Waals surface area contributed by atoms with E-state index in [0.29, 0.717) is 0 Å². The first-order chi connectivity index (χ1) is 12.1. The number of hydrogen-bond acceptors (Lipinski definition) is 3. The van der Waals surface area contributed by atoms with Gasteiger partial charge in [-0.15, -0.1) is 0 Å². The van der Waals surface area contributed by atoms with Gasteiger partial charge in [0.1, 0.15) is 6.54 Å². The molecule has 130 valence electrons. The molecule has 0 aliphatic carbocycles. The van der Waals surface area contributed by atoms with Crippen molar-refractivity contribution < 1.29 is 4.79 Å². The predicted octanol–water partition coefficient (Wildman–Crippen LogP) is 1.44. The highest BCUT2D eigenvalue weighted by atomic mass is 16.2. The van der Waals surface area contributed by atoms with E-state index in [1.54, 1.807) is 20.9 Å². The van der Waals surface area contributed by atoms with E-state index in [1.807, 2.05) is 48.6 Å². The molecule has 1 atom stereocenters. The Hall–Kier alpha value is -2.83. The number of rotatable bonds is 3. The van der Waals surface area contributed by atoms with Gasteiger partial charge in [-0.3, -0.25) is 18.6 Å². The average Bonchev–Trinajstić information content (AvgIpc) is 3.31. The second-order valence-electron chi connectivity index (χ2n) is 6.61. The van der Waals surface area contributed by atoms with Gasteiger partial charge in [-0.05, 0) is 25.0 Å². The van der Waals surface area contributed by atoms with Crippen LogP contribution in [0.5, 0.6) is 0 Å². The van der Waals surface area contributed by atoms with Crippen molar-refractivity contribution in [3.8, 4) is 0 Å². The first-order valence-electron chi connectivity index (χ1n) is 8.48. The molecule has 0 unspecified atom stereocenters. The molecule has 4 rings (SSSR count). The third-order valence-corrected chi connectivity index (χ3v) is 5.03. The van der Waals surface area contributed by atoms with Crippen LogP contribution in [0.15, 0.2) is 41.5 Å². The smallest absolute Gasteiger partial charge is 0.329 e. The molecule has 0 spiro atoms. The summed E-state index contributed by atoms with van der Waals surface area (Å²) in [6.07, 6.45) is 5.68. The predicted molar refractivity (Wildman–Crippen MR) is 94.1 cm³/mol. The van der Waals surface area contributed by atoms with Crippen LogP contribution in [-0.4, -0.2) is 36.3 Å². The summed E-state index contributed by atoms with van der Waals surface area (Å²) in [6, 6.07) is 7.61. The summed E-state index contributed by atoms with van der Waals surface area (Å²) in [6.45, 7) is 0.787. The number of imidazole rings is 1. The lowest BCUT2D eigenvalue weighted by molar-refractivity contribution is -0.132. The molecule has 7 heteroatoms. The van der Waals surface area contributed by atoms with Crippen molar-refractivity contribution in [1.29, 1.82) is 0 Å². The zero-order chi connectivity index (χ0) is 17.6. The fraction of sp³-hybridized carbons (Fsp3) is 0.389. The van der Waals surface area contributed by atoms with Crippen LogP contribution in [0.1, 0.15) is 24.4 Å². The largest absolute Gasteiger partial charge is 0.334 e. The topological polar surface area (TPSA) is 65.1 Å². The molecule has 1 amide bonds. The van der Waals surface area contributed by atoms with E-state index in [1.165, 1.54) is 0 Å². The zero-order valence-corrected chi connectivity index (χ0v) is 14.4. The van der Waals surface area contributed by atoms with Crippen LogP contribution in [0.4, 0.5) is 0 Å². The maximum atomic E-state index is 12.9. The Kier molecular flexibility index (Phi) is 3.71. The van der Waals surface area contributed by atoms with Crippen molar-refractivity contribution in [2.45, 2.75) is 25.4 Å².